The zero-order valence-electron chi connectivity index (χ0n) is 17.2. The fourth-order valence-corrected chi connectivity index (χ4v) is 4.25. The van der Waals surface area contributed by atoms with Crippen molar-refractivity contribution in [2.24, 2.45) is 0 Å². The number of alkyl halides is 3. The summed E-state index contributed by atoms with van der Waals surface area (Å²) in [6, 6.07) is 4.22. The van der Waals surface area contributed by atoms with Gasteiger partial charge in [0.2, 0.25) is 0 Å². The lowest BCUT2D eigenvalue weighted by Gasteiger charge is -2.33. The normalized spacial score (nSPS) is 24.2. The van der Waals surface area contributed by atoms with Gasteiger partial charge in [-0.15, -0.1) is 0 Å². The number of aliphatic hydroxyl groups is 1. The van der Waals surface area contributed by atoms with E-state index in [1.165, 1.54) is 17.0 Å². The highest BCUT2D eigenvalue weighted by Crippen LogP contribution is 2.43. The van der Waals surface area contributed by atoms with Crippen LogP contribution in [0.3, 0.4) is 0 Å². The molecule has 3 heterocycles. The van der Waals surface area contributed by atoms with Gasteiger partial charge in [0, 0.05) is 30.1 Å². The lowest BCUT2D eigenvalue weighted by molar-refractivity contribution is -0.0474. The summed E-state index contributed by atoms with van der Waals surface area (Å²) < 4.78 is 57.8. The second-order valence-corrected chi connectivity index (χ2v) is 8.41. The van der Waals surface area contributed by atoms with E-state index in [9.17, 15) is 27.5 Å². The summed E-state index contributed by atoms with van der Waals surface area (Å²) in [6.45, 7) is 0.0109. The number of nitrogens with zero attached hydrogens (tertiary/aromatic N) is 4. The van der Waals surface area contributed by atoms with Crippen LogP contribution in [-0.4, -0.2) is 44.1 Å². The third-order valence-corrected chi connectivity index (χ3v) is 6.03. The molecule has 2 atom stereocenters. The van der Waals surface area contributed by atoms with Gasteiger partial charge in [0.25, 0.3) is 5.92 Å². The monoisotopic (exact) mass is 451 g/mol. The van der Waals surface area contributed by atoms with Crippen molar-refractivity contribution in [2.75, 3.05) is 12.0 Å². The smallest absolute Gasteiger partial charge is 0.322 e. The number of hydrogen-bond acceptors (Lipinski definition) is 4. The van der Waals surface area contributed by atoms with Crippen LogP contribution >= 0.6 is 0 Å². The zero-order valence-corrected chi connectivity index (χ0v) is 17.2. The van der Waals surface area contributed by atoms with Crippen LogP contribution in [0.1, 0.15) is 42.3 Å². The predicted molar refractivity (Wildman–Crippen MR) is 105 cm³/mol. The number of carbonyl (C=O) groups excluding carboxylic acids is 1. The molecule has 0 spiro atoms. The molecule has 2 aliphatic heterocycles. The van der Waals surface area contributed by atoms with Crippen LogP contribution < -0.4 is 5.32 Å². The summed E-state index contributed by atoms with van der Waals surface area (Å²) in [5.74, 6) is -4.07. The molecule has 1 aromatic heterocycles. The summed E-state index contributed by atoms with van der Waals surface area (Å²) in [7, 11) is 0. The van der Waals surface area contributed by atoms with E-state index in [1.807, 2.05) is 0 Å². The first-order valence-corrected chi connectivity index (χ1v) is 10.1. The van der Waals surface area contributed by atoms with E-state index in [-0.39, 0.29) is 29.8 Å². The number of carbonyl (C=O) groups is 1. The Bertz CT molecular complexity index is 1110. The molecule has 0 radical (unpaired) electrons. The van der Waals surface area contributed by atoms with Crippen LogP contribution in [0.15, 0.2) is 18.2 Å². The molecule has 0 fully saturated rings. The molecule has 0 saturated heterocycles. The van der Waals surface area contributed by atoms with Crippen molar-refractivity contribution in [3.8, 4) is 6.07 Å². The Morgan fingerprint density at radius 1 is 1.41 bits per heavy atom. The van der Waals surface area contributed by atoms with Crippen LogP contribution in [0.4, 0.5) is 28.0 Å². The fourth-order valence-electron chi connectivity index (χ4n) is 4.25. The summed E-state index contributed by atoms with van der Waals surface area (Å²) in [6.07, 6.45) is -0.958. The van der Waals surface area contributed by atoms with E-state index >= 15 is 0 Å². The Morgan fingerprint density at radius 2 is 2.16 bits per heavy atom. The molecule has 0 unspecified atom stereocenters. The number of urea groups is 1. The minimum atomic E-state index is -3.35. The lowest BCUT2D eigenvalue weighted by atomic mass is 9.94. The maximum Gasteiger partial charge on any atom is 0.322 e. The number of halogens is 4. The Hall–Kier alpha value is -3.13. The predicted octanol–water partition coefficient (Wildman–Crippen LogP) is 3.46. The number of amides is 2. The van der Waals surface area contributed by atoms with Crippen LogP contribution in [0.5, 0.6) is 0 Å². The lowest BCUT2D eigenvalue weighted by Crippen LogP contribution is -2.45. The molecule has 4 rings (SSSR count). The van der Waals surface area contributed by atoms with E-state index in [1.54, 1.807) is 13.0 Å². The highest BCUT2D eigenvalue weighted by Gasteiger charge is 2.48. The minimum Gasteiger partial charge on any atom is -0.385 e. The van der Waals surface area contributed by atoms with Gasteiger partial charge in [-0.2, -0.15) is 19.1 Å². The Balaban J connectivity index is 1.64. The second-order valence-electron chi connectivity index (χ2n) is 8.41. The molecule has 0 bridgehead atoms. The molecular formula is C21H21F4N5O2. The topological polar surface area (TPSA) is 94.2 Å². The summed E-state index contributed by atoms with van der Waals surface area (Å²) in [5, 5.41) is 26.1. The van der Waals surface area contributed by atoms with Gasteiger partial charge >= 0.3 is 6.03 Å². The highest BCUT2D eigenvalue weighted by molar-refractivity contribution is 5.90. The van der Waals surface area contributed by atoms with E-state index in [2.05, 4.69) is 10.4 Å². The van der Waals surface area contributed by atoms with Gasteiger partial charge in [0.05, 0.1) is 24.3 Å². The molecule has 1 aromatic carbocycles. The van der Waals surface area contributed by atoms with Crippen LogP contribution in [-0.2, 0) is 25.4 Å². The quantitative estimate of drug-likeness (QED) is 0.684. The van der Waals surface area contributed by atoms with Crippen molar-refractivity contribution in [2.45, 2.75) is 56.8 Å². The first-order chi connectivity index (χ1) is 15.1. The fraction of sp³-hybridized carbons (Fsp3) is 0.476. The number of fused-ring (bicyclic) bond motifs is 3. The summed E-state index contributed by atoms with van der Waals surface area (Å²) in [4.78, 5) is 14.2. The number of benzene rings is 1. The zero-order chi connectivity index (χ0) is 23.3. The molecule has 7 nitrogen and oxygen atoms in total. The largest absolute Gasteiger partial charge is 0.385 e. The number of hydrogen-bond donors (Lipinski definition) is 2. The van der Waals surface area contributed by atoms with Crippen LogP contribution in [0, 0.1) is 17.1 Å². The average molecular weight is 451 g/mol. The Morgan fingerprint density at radius 3 is 2.84 bits per heavy atom. The van der Waals surface area contributed by atoms with Crippen molar-refractivity contribution in [1.29, 1.82) is 5.26 Å². The van der Waals surface area contributed by atoms with Crippen LogP contribution in [0.2, 0.25) is 0 Å². The van der Waals surface area contributed by atoms with Gasteiger partial charge in [-0.05, 0) is 31.5 Å². The molecular weight excluding hydrogens is 430 g/mol. The van der Waals surface area contributed by atoms with Gasteiger partial charge in [-0.25, -0.2) is 13.6 Å². The van der Waals surface area contributed by atoms with Crippen LogP contribution in [0.25, 0.3) is 0 Å². The number of nitriles is 1. The molecule has 2 aromatic rings. The van der Waals surface area contributed by atoms with Crippen molar-refractivity contribution in [1.82, 2.24) is 14.7 Å². The molecule has 2 N–H and O–H groups in total. The average Bonchev–Trinajstić information content (AvgIpc) is 3.05. The molecule has 2 aliphatic rings. The molecule has 11 heteroatoms. The van der Waals surface area contributed by atoms with Gasteiger partial charge < -0.3 is 15.3 Å². The van der Waals surface area contributed by atoms with E-state index in [4.69, 9.17) is 5.26 Å². The number of anilines is 1. The van der Waals surface area contributed by atoms with Gasteiger partial charge in [0.1, 0.15) is 29.9 Å². The number of aromatic nitrogens is 2. The number of rotatable bonds is 2. The third kappa shape index (κ3) is 3.79. The Kier molecular flexibility index (Phi) is 5.36. The summed E-state index contributed by atoms with van der Waals surface area (Å²) in [5.41, 5.74) is -1.81. The summed E-state index contributed by atoms with van der Waals surface area (Å²) >= 11 is 0. The first kappa shape index (κ1) is 22.1. The van der Waals surface area contributed by atoms with Crippen molar-refractivity contribution in [3.05, 3.63) is 46.5 Å². The first-order valence-electron chi connectivity index (χ1n) is 10.1. The molecule has 0 aliphatic carbocycles. The maximum atomic E-state index is 15.0. The second kappa shape index (κ2) is 7.78. The van der Waals surface area contributed by atoms with Gasteiger partial charge in [0.15, 0.2) is 0 Å². The van der Waals surface area contributed by atoms with Crippen molar-refractivity contribution >= 4 is 11.7 Å². The SMILES string of the molecule is C[C@@H]1Cc2nn3c(c2CN1C(=O)Nc1ccc(F)c(C#N)c1)C(F)(F)CC[C@](O)(CF)C3. The van der Waals surface area contributed by atoms with E-state index < -0.39 is 61.2 Å². The third-order valence-electron chi connectivity index (χ3n) is 6.03. The molecule has 170 valence electrons. The standard InChI is InChI=1S/C21H21F4N5O2/c1-12-6-17-15(18-21(24,25)5-4-20(32,10-22)11-30(18)28-17)9-29(12)19(31)27-14-2-3-16(23)13(7-14)8-26/h2-3,7,12,32H,4-6,9-11H2,1H3,(H,27,31)/t12-,20+/m1/s1. The van der Waals surface area contributed by atoms with Gasteiger partial charge in [-0.1, -0.05) is 0 Å². The molecule has 32 heavy (non-hydrogen) atoms. The van der Waals surface area contributed by atoms with Crippen molar-refractivity contribution < 1.29 is 27.5 Å². The molecule has 2 amide bonds. The number of nitrogens with one attached hydrogen (secondary N) is 1. The van der Waals surface area contributed by atoms with Crippen molar-refractivity contribution in [3.63, 3.8) is 0 Å². The molecule has 0 saturated carbocycles. The van der Waals surface area contributed by atoms with E-state index in [0.717, 1.165) is 10.7 Å². The van der Waals surface area contributed by atoms with Gasteiger partial charge in [-0.3, -0.25) is 4.68 Å². The highest BCUT2D eigenvalue weighted by atomic mass is 19.3. The minimum absolute atomic E-state index is 0.159. The van der Waals surface area contributed by atoms with E-state index in [0.29, 0.717) is 5.69 Å². The Labute approximate surface area is 181 Å². The maximum absolute atomic E-state index is 15.0.